The quantitative estimate of drug-likeness (QED) is 0.458. The lowest BCUT2D eigenvalue weighted by molar-refractivity contribution is 0.0969. The second-order valence-corrected chi connectivity index (χ2v) is 7.83. The molecule has 0 unspecified atom stereocenters. The largest absolute Gasteiger partial charge is 0.497 e. The van der Waals surface area contributed by atoms with E-state index in [4.69, 9.17) is 25.3 Å². The highest BCUT2D eigenvalue weighted by atomic mass is 35.5. The minimum atomic E-state index is -0.737. The Kier molecular flexibility index (Phi) is 4.37. The molecule has 0 bridgehead atoms. The Hall–Kier alpha value is -3.58. The second-order valence-electron chi connectivity index (χ2n) is 7.42. The van der Waals surface area contributed by atoms with Crippen molar-refractivity contribution in [2.45, 2.75) is 19.9 Å². The van der Waals surface area contributed by atoms with Crippen molar-refractivity contribution in [2.24, 2.45) is 0 Å². The number of rotatable bonds is 3. The van der Waals surface area contributed by atoms with Gasteiger partial charge in [0.2, 0.25) is 5.76 Å². The normalized spacial score (nSPS) is 15.5. The van der Waals surface area contributed by atoms with E-state index in [2.05, 4.69) is 5.16 Å². The van der Waals surface area contributed by atoms with Crippen LogP contribution in [0.25, 0.3) is 11.0 Å². The molecule has 156 valence electrons. The molecule has 0 fully saturated rings. The Morgan fingerprint density at radius 2 is 1.84 bits per heavy atom. The number of carbonyl (C=O) groups is 1. The molecule has 1 aliphatic rings. The molecule has 0 saturated heterocycles. The lowest BCUT2D eigenvalue weighted by Gasteiger charge is -2.22. The number of benzene rings is 2. The fraction of sp³-hybridized carbons (Fsp3) is 0.174. The monoisotopic (exact) mass is 436 g/mol. The maximum atomic E-state index is 13.6. The van der Waals surface area contributed by atoms with Gasteiger partial charge < -0.3 is 13.7 Å². The van der Waals surface area contributed by atoms with Gasteiger partial charge in [0.05, 0.1) is 24.1 Å². The van der Waals surface area contributed by atoms with Crippen LogP contribution in [0.5, 0.6) is 5.75 Å². The second kappa shape index (κ2) is 6.99. The molecule has 8 heteroatoms. The molecule has 0 aliphatic carbocycles. The first-order chi connectivity index (χ1) is 14.9. The van der Waals surface area contributed by atoms with Crippen LogP contribution in [0, 0.1) is 13.8 Å². The van der Waals surface area contributed by atoms with Crippen LogP contribution in [0.2, 0.25) is 5.02 Å². The highest BCUT2D eigenvalue weighted by Crippen LogP contribution is 2.41. The Morgan fingerprint density at radius 3 is 2.48 bits per heavy atom. The van der Waals surface area contributed by atoms with Gasteiger partial charge in [-0.25, -0.2) is 0 Å². The van der Waals surface area contributed by atoms with Crippen molar-refractivity contribution in [1.29, 1.82) is 0 Å². The molecule has 1 atom stereocenters. The molecular weight excluding hydrogens is 420 g/mol. The SMILES string of the molecule is COc1ccc([C@H]2c3c(oc4cc(C)c(Cl)cc4c3=O)C(=O)N2c2cc(C)on2)cc1. The third kappa shape index (κ3) is 2.92. The van der Waals surface area contributed by atoms with Crippen molar-refractivity contribution in [3.05, 3.63) is 85.9 Å². The first-order valence-electron chi connectivity index (χ1n) is 9.56. The Balaban J connectivity index is 1.80. The van der Waals surface area contributed by atoms with Gasteiger partial charge in [-0.15, -0.1) is 0 Å². The van der Waals surface area contributed by atoms with E-state index in [1.54, 1.807) is 63.4 Å². The van der Waals surface area contributed by atoms with Crippen LogP contribution in [0.1, 0.15) is 39.0 Å². The molecule has 5 rings (SSSR count). The van der Waals surface area contributed by atoms with Crippen LogP contribution in [0.3, 0.4) is 0 Å². The molecule has 7 nitrogen and oxygen atoms in total. The van der Waals surface area contributed by atoms with Crippen molar-refractivity contribution in [1.82, 2.24) is 5.16 Å². The van der Waals surface area contributed by atoms with Gasteiger partial charge >= 0.3 is 0 Å². The highest BCUT2D eigenvalue weighted by molar-refractivity contribution is 6.32. The molecule has 3 heterocycles. The number of ether oxygens (including phenoxy) is 1. The summed E-state index contributed by atoms with van der Waals surface area (Å²) in [5.74, 6) is 1.02. The van der Waals surface area contributed by atoms with Gasteiger partial charge in [0, 0.05) is 11.1 Å². The lowest BCUT2D eigenvalue weighted by atomic mass is 9.98. The van der Waals surface area contributed by atoms with Crippen LogP contribution in [0.4, 0.5) is 5.82 Å². The van der Waals surface area contributed by atoms with E-state index in [0.717, 1.165) is 5.56 Å². The minimum absolute atomic E-state index is 0.0132. The van der Waals surface area contributed by atoms with Crippen LogP contribution in [0.15, 0.2) is 56.2 Å². The summed E-state index contributed by atoms with van der Waals surface area (Å²) in [6, 6.07) is 11.3. The summed E-state index contributed by atoms with van der Waals surface area (Å²) in [6.45, 7) is 3.54. The van der Waals surface area contributed by atoms with Gasteiger partial charge in [-0.05, 0) is 49.2 Å². The zero-order valence-electron chi connectivity index (χ0n) is 16.9. The van der Waals surface area contributed by atoms with E-state index in [1.165, 1.54) is 4.90 Å². The molecule has 1 aliphatic heterocycles. The molecule has 2 aromatic heterocycles. The standard InChI is InChI=1S/C23H17ClN2O5/c1-11-8-17-15(10-16(11)24)21(27)19-20(13-4-6-14(29-3)7-5-13)26(23(28)22(19)30-17)18-9-12(2)31-25-18/h4-10,20H,1-3H3/t20-/m0/s1. The smallest absolute Gasteiger partial charge is 0.296 e. The zero-order valence-corrected chi connectivity index (χ0v) is 17.7. The Labute approximate surface area is 181 Å². The molecule has 0 saturated carbocycles. The summed E-state index contributed by atoms with van der Waals surface area (Å²) in [6.07, 6.45) is 0. The van der Waals surface area contributed by atoms with Crippen LogP contribution in [-0.2, 0) is 0 Å². The van der Waals surface area contributed by atoms with E-state index >= 15 is 0 Å². The molecule has 1 amide bonds. The summed E-state index contributed by atoms with van der Waals surface area (Å²) in [7, 11) is 1.57. The fourth-order valence-corrected chi connectivity index (χ4v) is 4.06. The summed E-state index contributed by atoms with van der Waals surface area (Å²) in [5.41, 5.74) is 1.70. The first-order valence-corrected chi connectivity index (χ1v) is 9.94. The maximum absolute atomic E-state index is 13.6. The summed E-state index contributed by atoms with van der Waals surface area (Å²) < 4.78 is 16.4. The number of fused-ring (bicyclic) bond motifs is 2. The topological polar surface area (TPSA) is 85.8 Å². The van der Waals surface area contributed by atoms with Crippen molar-refractivity contribution < 1.29 is 18.5 Å². The number of nitrogens with zero attached hydrogens (tertiary/aromatic N) is 2. The van der Waals surface area contributed by atoms with Crippen LogP contribution >= 0.6 is 11.6 Å². The van der Waals surface area contributed by atoms with Crippen molar-refractivity contribution >= 4 is 34.3 Å². The summed E-state index contributed by atoms with van der Waals surface area (Å²) >= 11 is 6.26. The average Bonchev–Trinajstić information content (AvgIpc) is 3.31. The molecule has 0 radical (unpaired) electrons. The number of hydrogen-bond donors (Lipinski definition) is 0. The summed E-state index contributed by atoms with van der Waals surface area (Å²) in [5, 5.41) is 4.78. The number of halogens is 1. The van der Waals surface area contributed by atoms with Gasteiger partial charge in [-0.1, -0.05) is 28.9 Å². The van der Waals surface area contributed by atoms with Gasteiger partial charge in [0.1, 0.15) is 17.1 Å². The van der Waals surface area contributed by atoms with E-state index in [9.17, 15) is 9.59 Å². The van der Waals surface area contributed by atoms with E-state index in [-0.39, 0.29) is 16.8 Å². The van der Waals surface area contributed by atoms with Crippen molar-refractivity contribution in [3.63, 3.8) is 0 Å². The number of methoxy groups -OCH3 is 1. The van der Waals surface area contributed by atoms with Gasteiger partial charge in [0.25, 0.3) is 5.91 Å². The Morgan fingerprint density at radius 1 is 1.10 bits per heavy atom. The van der Waals surface area contributed by atoms with E-state index in [0.29, 0.717) is 38.9 Å². The number of anilines is 1. The number of carbonyl (C=O) groups excluding carboxylic acids is 1. The number of aromatic nitrogens is 1. The molecule has 4 aromatic rings. The van der Waals surface area contributed by atoms with Crippen molar-refractivity contribution in [3.8, 4) is 5.75 Å². The van der Waals surface area contributed by atoms with Gasteiger partial charge in [-0.3, -0.25) is 14.5 Å². The minimum Gasteiger partial charge on any atom is -0.497 e. The molecule has 0 N–H and O–H groups in total. The lowest BCUT2D eigenvalue weighted by Crippen LogP contribution is -2.29. The maximum Gasteiger partial charge on any atom is 0.296 e. The number of aryl methyl sites for hydroxylation is 2. The molecular formula is C23H17ClN2O5. The van der Waals surface area contributed by atoms with Crippen molar-refractivity contribution in [2.75, 3.05) is 12.0 Å². The molecule has 31 heavy (non-hydrogen) atoms. The molecule has 0 spiro atoms. The zero-order chi connectivity index (χ0) is 21.9. The third-order valence-corrected chi connectivity index (χ3v) is 5.85. The van der Waals surface area contributed by atoms with E-state index < -0.39 is 11.9 Å². The van der Waals surface area contributed by atoms with Crippen LogP contribution in [-0.4, -0.2) is 18.2 Å². The fourth-order valence-electron chi connectivity index (χ4n) is 3.90. The number of hydrogen-bond acceptors (Lipinski definition) is 6. The Bertz CT molecular complexity index is 1400. The van der Waals surface area contributed by atoms with Crippen LogP contribution < -0.4 is 15.1 Å². The van der Waals surface area contributed by atoms with Gasteiger partial charge in [0.15, 0.2) is 11.2 Å². The third-order valence-electron chi connectivity index (χ3n) is 5.45. The summed E-state index contributed by atoms with van der Waals surface area (Å²) in [4.78, 5) is 28.4. The van der Waals surface area contributed by atoms with Gasteiger partial charge in [-0.2, -0.15) is 0 Å². The number of amides is 1. The average molecular weight is 437 g/mol. The predicted octanol–water partition coefficient (Wildman–Crippen LogP) is 4.81. The van der Waals surface area contributed by atoms with E-state index in [1.807, 2.05) is 0 Å². The predicted molar refractivity (Wildman–Crippen MR) is 115 cm³/mol. The first kappa shape index (κ1) is 19.4. The highest BCUT2D eigenvalue weighted by Gasteiger charge is 2.45. The molecule has 2 aromatic carbocycles.